The van der Waals surface area contributed by atoms with Crippen LogP contribution in [0.4, 0.5) is 5.82 Å². The lowest BCUT2D eigenvalue weighted by atomic mass is 10.1. The Balaban J connectivity index is 1.46. The molecule has 2 heterocycles. The van der Waals surface area contributed by atoms with Gasteiger partial charge in [0.15, 0.2) is 11.5 Å². The van der Waals surface area contributed by atoms with Gasteiger partial charge in [0.05, 0.1) is 24.1 Å². The minimum Gasteiger partial charge on any atom is -0.391 e. The number of hydrogen-bond acceptors (Lipinski definition) is 11. The maximum absolute atomic E-state index is 12.1. The summed E-state index contributed by atoms with van der Waals surface area (Å²) >= 11 is 0. The lowest BCUT2D eigenvalue weighted by molar-refractivity contribution is 0.0294. The molecule has 4 rings (SSSR count). The summed E-state index contributed by atoms with van der Waals surface area (Å²) in [6.07, 6.45) is 1.17. The predicted molar refractivity (Wildman–Crippen MR) is 100 cm³/mol. The number of nitrogens with two attached hydrogens (primary N) is 1. The van der Waals surface area contributed by atoms with E-state index in [9.17, 15) is 28.6 Å². The third-order valence-electron chi connectivity index (χ3n) is 5.11. The molecule has 0 radical (unpaired) electrons. The van der Waals surface area contributed by atoms with Gasteiger partial charge in [0, 0.05) is 12.3 Å². The highest BCUT2D eigenvalue weighted by atomic mass is 31.3. The smallest absolute Gasteiger partial charge is 0.391 e. The van der Waals surface area contributed by atoms with Crippen molar-refractivity contribution in [2.24, 2.45) is 5.92 Å². The molecule has 31 heavy (non-hydrogen) atoms. The van der Waals surface area contributed by atoms with Crippen LogP contribution >= 0.6 is 23.2 Å². The Labute approximate surface area is 173 Å². The number of ether oxygens (including phenoxy) is 1. The lowest BCUT2D eigenvalue weighted by Crippen LogP contribution is -2.22. The maximum atomic E-state index is 12.1. The van der Waals surface area contributed by atoms with Crippen LogP contribution in [0.2, 0.25) is 0 Å². The van der Waals surface area contributed by atoms with Crippen molar-refractivity contribution < 1.29 is 51.7 Å². The topological polar surface area (TPSA) is 250 Å². The van der Waals surface area contributed by atoms with Crippen molar-refractivity contribution in [1.29, 1.82) is 0 Å². The van der Waals surface area contributed by atoms with E-state index >= 15 is 0 Å². The normalized spacial score (nSPS) is 31.8. The zero-order chi connectivity index (χ0) is 22.8. The number of aliphatic hydroxyl groups excluding tert-OH is 1. The van der Waals surface area contributed by atoms with Crippen LogP contribution in [0.1, 0.15) is 18.9 Å². The van der Waals surface area contributed by atoms with E-state index in [0.29, 0.717) is 17.6 Å². The molecule has 2 aliphatic rings. The van der Waals surface area contributed by atoms with Crippen molar-refractivity contribution in [2.45, 2.75) is 30.6 Å². The van der Waals surface area contributed by atoms with E-state index in [1.54, 1.807) is 4.57 Å². The summed E-state index contributed by atoms with van der Waals surface area (Å²) in [4.78, 5) is 48.3. The molecule has 0 aromatic carbocycles. The van der Waals surface area contributed by atoms with Crippen LogP contribution < -0.4 is 5.73 Å². The average molecular weight is 501 g/mol. The fraction of sp³-hybridized carbons (Fsp3) is 0.583. The van der Waals surface area contributed by atoms with Gasteiger partial charge >= 0.3 is 23.2 Å². The number of rotatable bonds is 8. The first-order valence-corrected chi connectivity index (χ1v) is 13.4. The summed E-state index contributed by atoms with van der Waals surface area (Å²) in [5, 5.41) is 10.5. The Morgan fingerprint density at radius 2 is 1.84 bits per heavy atom. The van der Waals surface area contributed by atoms with Gasteiger partial charge in [0.2, 0.25) is 0 Å². The molecule has 0 amide bonds. The first kappa shape index (κ1) is 22.9. The van der Waals surface area contributed by atoms with Crippen molar-refractivity contribution in [3.8, 4) is 0 Å². The molecule has 6 atom stereocenters. The van der Waals surface area contributed by atoms with Gasteiger partial charge in [0.25, 0.3) is 0 Å². The second-order valence-electron chi connectivity index (χ2n) is 7.25. The molecule has 0 spiro atoms. The number of nitrogen functional groups attached to an aromatic ring is 1. The highest BCUT2D eigenvalue weighted by molar-refractivity contribution is 7.68. The third-order valence-corrected chi connectivity index (χ3v) is 9.08. The predicted octanol–water partition coefficient (Wildman–Crippen LogP) is -0.141. The van der Waals surface area contributed by atoms with Crippen molar-refractivity contribution in [3.63, 3.8) is 0 Å². The summed E-state index contributed by atoms with van der Waals surface area (Å²) in [7, 11) is -16.0. The van der Waals surface area contributed by atoms with Gasteiger partial charge in [-0.05, 0) is 6.42 Å². The van der Waals surface area contributed by atoms with E-state index in [-0.39, 0.29) is 18.2 Å². The Morgan fingerprint density at radius 3 is 2.52 bits per heavy atom. The van der Waals surface area contributed by atoms with Crippen LogP contribution in [-0.4, -0.2) is 62.3 Å². The van der Waals surface area contributed by atoms with Gasteiger partial charge < -0.3 is 39.7 Å². The number of nitrogens with zero attached hydrogens (tertiary/aromatic N) is 4. The van der Waals surface area contributed by atoms with E-state index in [2.05, 4.69) is 23.6 Å². The maximum Gasteiger partial charge on any atom is 0.488 e. The first-order valence-electron chi connectivity index (χ1n) is 8.60. The van der Waals surface area contributed by atoms with E-state index in [1.807, 2.05) is 0 Å². The number of aliphatic hydroxyl groups is 1. The number of anilines is 1. The summed E-state index contributed by atoms with van der Waals surface area (Å²) in [5.74, 6) is -0.137. The van der Waals surface area contributed by atoms with Crippen molar-refractivity contribution in [3.05, 3.63) is 12.7 Å². The molecular formula is C12H18N5O11P3. The molecule has 16 nitrogen and oxygen atoms in total. The molecule has 3 unspecified atom stereocenters. The van der Waals surface area contributed by atoms with Crippen LogP contribution in [-0.2, 0) is 27.1 Å². The van der Waals surface area contributed by atoms with Crippen LogP contribution in [0.25, 0.3) is 11.2 Å². The molecule has 7 N–H and O–H groups in total. The quantitative estimate of drug-likeness (QED) is 0.257. The van der Waals surface area contributed by atoms with Crippen LogP contribution in [0.15, 0.2) is 12.7 Å². The summed E-state index contributed by atoms with van der Waals surface area (Å²) < 4.78 is 48.8. The van der Waals surface area contributed by atoms with Gasteiger partial charge in [-0.1, -0.05) is 0 Å². The fourth-order valence-electron chi connectivity index (χ4n) is 3.96. The fourth-order valence-corrected chi connectivity index (χ4v) is 7.32. The average Bonchev–Trinajstić information content (AvgIpc) is 2.97. The molecule has 19 heteroatoms. The van der Waals surface area contributed by atoms with Crippen molar-refractivity contribution in [1.82, 2.24) is 19.5 Å². The second-order valence-corrected chi connectivity index (χ2v) is 12.0. The van der Waals surface area contributed by atoms with E-state index < -0.39 is 47.3 Å². The largest absolute Gasteiger partial charge is 0.488 e. The minimum atomic E-state index is -5.55. The van der Waals surface area contributed by atoms with Gasteiger partial charge in [-0.3, -0.25) is 4.57 Å². The van der Waals surface area contributed by atoms with E-state index in [1.165, 1.54) is 12.7 Å². The molecule has 172 valence electrons. The molecule has 2 fully saturated rings. The summed E-state index contributed by atoms with van der Waals surface area (Å²) in [6.45, 7) is 0. The number of hydrogen-bond donors (Lipinski definition) is 6. The van der Waals surface area contributed by atoms with Gasteiger partial charge in [-0.2, -0.15) is 4.31 Å². The van der Waals surface area contributed by atoms with Gasteiger partial charge in [-0.25, -0.2) is 28.4 Å². The van der Waals surface area contributed by atoms with E-state index in [4.69, 9.17) is 20.3 Å². The Morgan fingerprint density at radius 1 is 1.13 bits per heavy atom. The second kappa shape index (κ2) is 7.37. The van der Waals surface area contributed by atoms with Crippen LogP contribution in [0, 0.1) is 5.92 Å². The molecule has 2 aliphatic carbocycles. The Hall–Kier alpha value is -1.28. The number of fused-ring (bicyclic) bond motifs is 2. The zero-order valence-corrected chi connectivity index (χ0v) is 18.1. The zero-order valence-electron chi connectivity index (χ0n) is 15.4. The molecule has 2 saturated carbocycles. The van der Waals surface area contributed by atoms with Crippen LogP contribution in [0.5, 0.6) is 0 Å². The Kier molecular flexibility index (Phi) is 5.44. The molecule has 0 bridgehead atoms. The highest BCUT2D eigenvalue weighted by Crippen LogP contribution is 2.68. The number of imidazole rings is 1. The lowest BCUT2D eigenvalue weighted by Gasteiger charge is -2.20. The molecule has 0 saturated heterocycles. The standard InChI is InChI=1S/C12H18N5O11P3/c13-10-8-11(15-3-14-10)17(4-16-8)9-6-1-12(6,2-7(9)18)26-5-29(19,20)27-31(24,25)28-30(21,22)23/h3-4,6-7,9,18H,1-2,5H2,(H,19,20)(H,24,25)(H2,13,14,15)(H2,21,22,23)/t6?,7-,9+,12+/m0/s1. The van der Waals surface area contributed by atoms with Crippen molar-refractivity contribution >= 4 is 40.2 Å². The molecule has 0 aliphatic heterocycles. The third kappa shape index (κ3) is 4.61. The molecular weight excluding hydrogens is 483 g/mol. The van der Waals surface area contributed by atoms with Gasteiger partial charge in [0.1, 0.15) is 18.2 Å². The van der Waals surface area contributed by atoms with Gasteiger partial charge in [-0.15, -0.1) is 0 Å². The molecule has 2 aromatic heterocycles. The molecule has 2 aromatic rings. The number of aromatic nitrogens is 4. The van der Waals surface area contributed by atoms with E-state index in [0.717, 1.165) is 0 Å². The SMILES string of the molecule is Nc1ncnc2c1ncn2[C@@H]1C2C[C@@]2(OCP(=O)(O)OP(=O)(O)OP(=O)(O)O)C[C@@H]1O. The monoisotopic (exact) mass is 501 g/mol. The summed E-state index contributed by atoms with van der Waals surface area (Å²) in [6, 6.07) is -0.528. The highest BCUT2D eigenvalue weighted by Gasteiger charge is 2.68. The summed E-state index contributed by atoms with van der Waals surface area (Å²) in [5.41, 5.74) is 5.51. The van der Waals surface area contributed by atoms with Crippen molar-refractivity contribution in [2.75, 3.05) is 12.1 Å². The first-order chi connectivity index (χ1) is 14.2. The Bertz CT molecular complexity index is 1170. The minimum absolute atomic E-state index is 0.0817. The van der Waals surface area contributed by atoms with Crippen LogP contribution in [0.3, 0.4) is 0 Å². The number of phosphoric acid groups is 2.